The smallest absolute Gasteiger partial charge is 0.326 e. The van der Waals surface area contributed by atoms with Crippen LogP contribution < -0.4 is 5.56 Å². The number of nitrogens with one attached hydrogen (secondary N) is 1. The van der Waals surface area contributed by atoms with Crippen LogP contribution in [0.25, 0.3) is 0 Å². The third kappa shape index (κ3) is 2.25. The predicted octanol–water partition coefficient (Wildman–Crippen LogP) is -0.965. The number of nitrogens with zero attached hydrogens (tertiary/aromatic N) is 1. The number of aliphatic hydroxyl groups excluding tert-OH is 1. The van der Waals surface area contributed by atoms with Gasteiger partial charge in [-0.05, 0) is 6.07 Å². The normalized spacial score (nSPS) is 23.1. The maximum absolute atomic E-state index is 12.1. The first kappa shape index (κ1) is 12.3. The molecule has 2 rings (SSSR count). The maximum Gasteiger partial charge on any atom is 0.326 e. The van der Waals surface area contributed by atoms with Crippen molar-refractivity contribution in [3.05, 3.63) is 34.2 Å². The number of rotatable bonds is 2. The van der Waals surface area contributed by atoms with Crippen LogP contribution in [-0.4, -0.2) is 50.7 Å². The van der Waals surface area contributed by atoms with Crippen LogP contribution in [0.3, 0.4) is 0 Å². The minimum absolute atomic E-state index is 0.00423. The van der Waals surface area contributed by atoms with Crippen molar-refractivity contribution in [2.45, 2.75) is 18.6 Å². The number of hydrogen-bond donors (Lipinski definition) is 3. The SMILES string of the molecule is O=C(O)[C@H]1C[C@@H](O)CN1C(=O)c1cc[nH]c(=O)c1. The van der Waals surface area contributed by atoms with Gasteiger partial charge in [0.05, 0.1) is 6.10 Å². The highest BCUT2D eigenvalue weighted by Gasteiger charge is 2.39. The molecule has 1 aromatic heterocycles. The second-order valence-electron chi connectivity index (χ2n) is 4.14. The van der Waals surface area contributed by atoms with E-state index in [0.717, 1.165) is 11.0 Å². The summed E-state index contributed by atoms with van der Waals surface area (Å²) in [6.07, 6.45) is 0.472. The zero-order valence-electron chi connectivity index (χ0n) is 9.37. The van der Waals surface area contributed by atoms with E-state index in [2.05, 4.69) is 4.98 Å². The van der Waals surface area contributed by atoms with Crippen LogP contribution >= 0.6 is 0 Å². The van der Waals surface area contributed by atoms with E-state index in [0.29, 0.717) is 0 Å². The fourth-order valence-corrected chi connectivity index (χ4v) is 2.02. The summed E-state index contributed by atoms with van der Waals surface area (Å²) in [5.74, 6) is -1.73. The number of aromatic amines is 1. The van der Waals surface area contributed by atoms with Gasteiger partial charge in [0.15, 0.2) is 0 Å². The Balaban J connectivity index is 2.28. The number of aliphatic carboxylic acids is 1. The van der Waals surface area contributed by atoms with Gasteiger partial charge in [-0.3, -0.25) is 9.59 Å². The highest BCUT2D eigenvalue weighted by molar-refractivity contribution is 5.96. The molecule has 3 N–H and O–H groups in total. The Kier molecular flexibility index (Phi) is 3.15. The van der Waals surface area contributed by atoms with Gasteiger partial charge in [-0.1, -0.05) is 0 Å². The zero-order valence-corrected chi connectivity index (χ0v) is 9.37. The summed E-state index contributed by atoms with van der Waals surface area (Å²) in [6.45, 7) is -0.0391. The lowest BCUT2D eigenvalue weighted by Gasteiger charge is -2.20. The molecule has 0 saturated carbocycles. The molecule has 1 aromatic rings. The number of hydrogen-bond acceptors (Lipinski definition) is 4. The molecule has 2 heterocycles. The van der Waals surface area contributed by atoms with Crippen molar-refractivity contribution in [3.8, 4) is 0 Å². The molecule has 0 unspecified atom stereocenters. The number of likely N-dealkylation sites (tertiary alicyclic amines) is 1. The first-order valence-corrected chi connectivity index (χ1v) is 5.39. The minimum Gasteiger partial charge on any atom is -0.480 e. The third-order valence-electron chi connectivity index (χ3n) is 2.85. The predicted molar refractivity (Wildman–Crippen MR) is 60.1 cm³/mol. The quantitative estimate of drug-likeness (QED) is 0.627. The number of carboxylic acid groups (broad SMARTS) is 1. The first-order chi connectivity index (χ1) is 8.49. The number of aliphatic hydroxyl groups is 1. The Bertz CT molecular complexity index is 538. The van der Waals surface area contributed by atoms with Crippen molar-refractivity contribution in [2.24, 2.45) is 0 Å². The number of carboxylic acids is 1. The molecule has 1 saturated heterocycles. The molecule has 0 bridgehead atoms. The summed E-state index contributed by atoms with van der Waals surface area (Å²) in [4.78, 5) is 37.6. The Morgan fingerprint density at radius 3 is 2.78 bits per heavy atom. The van der Waals surface area contributed by atoms with Gasteiger partial charge in [-0.25, -0.2) is 4.79 Å². The average Bonchev–Trinajstić information content (AvgIpc) is 2.70. The molecule has 1 aliphatic rings. The maximum atomic E-state index is 12.1. The lowest BCUT2D eigenvalue weighted by atomic mass is 10.2. The molecular weight excluding hydrogens is 240 g/mol. The lowest BCUT2D eigenvalue weighted by molar-refractivity contribution is -0.141. The highest BCUT2D eigenvalue weighted by Crippen LogP contribution is 2.20. The van der Waals surface area contributed by atoms with Crippen molar-refractivity contribution in [2.75, 3.05) is 6.54 Å². The van der Waals surface area contributed by atoms with E-state index in [1.54, 1.807) is 0 Å². The number of H-pyrrole nitrogens is 1. The molecule has 7 heteroatoms. The standard InChI is InChI=1S/C11H12N2O5/c14-7-4-8(11(17)18)13(5-7)10(16)6-1-2-12-9(15)3-6/h1-3,7-8,14H,4-5H2,(H,12,15)(H,17,18)/t7-,8-/m1/s1. The lowest BCUT2D eigenvalue weighted by Crippen LogP contribution is -2.40. The molecule has 1 aliphatic heterocycles. The monoisotopic (exact) mass is 252 g/mol. The van der Waals surface area contributed by atoms with Gasteiger partial charge in [-0.15, -0.1) is 0 Å². The molecule has 1 fully saturated rings. The molecule has 0 radical (unpaired) electrons. The number of amides is 1. The summed E-state index contributed by atoms with van der Waals surface area (Å²) in [5.41, 5.74) is -0.327. The Labute approximate surface area is 102 Å². The molecule has 0 aliphatic carbocycles. The van der Waals surface area contributed by atoms with E-state index in [1.807, 2.05) is 0 Å². The third-order valence-corrected chi connectivity index (χ3v) is 2.85. The van der Waals surface area contributed by atoms with Crippen LogP contribution in [0, 0.1) is 0 Å². The van der Waals surface area contributed by atoms with Crippen molar-refractivity contribution < 1.29 is 19.8 Å². The van der Waals surface area contributed by atoms with Crippen LogP contribution in [0.4, 0.5) is 0 Å². The number of pyridine rings is 1. The molecule has 0 aromatic carbocycles. The number of β-amino-alcohol motifs (C(OH)–C–C–N with tert-alkyl or cyclic N) is 1. The minimum atomic E-state index is -1.16. The topological polar surface area (TPSA) is 111 Å². The van der Waals surface area contributed by atoms with Crippen LogP contribution in [0.15, 0.2) is 23.1 Å². The van der Waals surface area contributed by atoms with Crippen molar-refractivity contribution in [3.63, 3.8) is 0 Å². The van der Waals surface area contributed by atoms with E-state index in [4.69, 9.17) is 5.11 Å². The largest absolute Gasteiger partial charge is 0.480 e. The van der Waals surface area contributed by atoms with Crippen LogP contribution in [0.2, 0.25) is 0 Å². The second kappa shape index (κ2) is 4.61. The number of carbonyl (C=O) groups is 2. The Hall–Kier alpha value is -2.15. The average molecular weight is 252 g/mol. The Morgan fingerprint density at radius 2 is 2.17 bits per heavy atom. The van der Waals surface area contributed by atoms with Crippen molar-refractivity contribution in [1.29, 1.82) is 0 Å². The van der Waals surface area contributed by atoms with Crippen LogP contribution in [0.1, 0.15) is 16.8 Å². The summed E-state index contributed by atoms with van der Waals surface area (Å²) in [5, 5.41) is 18.4. The van der Waals surface area contributed by atoms with Gasteiger partial charge >= 0.3 is 5.97 Å². The van der Waals surface area contributed by atoms with Gasteiger partial charge in [0, 0.05) is 30.8 Å². The van der Waals surface area contributed by atoms with E-state index in [9.17, 15) is 19.5 Å². The summed E-state index contributed by atoms with van der Waals surface area (Å²) >= 11 is 0. The van der Waals surface area contributed by atoms with E-state index < -0.39 is 29.6 Å². The van der Waals surface area contributed by atoms with Gasteiger partial charge in [-0.2, -0.15) is 0 Å². The Morgan fingerprint density at radius 1 is 1.44 bits per heavy atom. The molecule has 1 amide bonds. The fourth-order valence-electron chi connectivity index (χ4n) is 2.02. The van der Waals surface area contributed by atoms with Crippen molar-refractivity contribution in [1.82, 2.24) is 9.88 Å². The number of carbonyl (C=O) groups excluding carboxylic acids is 1. The van der Waals surface area contributed by atoms with Crippen LogP contribution in [-0.2, 0) is 4.79 Å². The van der Waals surface area contributed by atoms with E-state index in [1.165, 1.54) is 12.3 Å². The molecule has 2 atom stereocenters. The molecule has 96 valence electrons. The molecular formula is C11H12N2O5. The summed E-state index contributed by atoms with van der Waals surface area (Å²) in [6, 6.07) is 1.45. The van der Waals surface area contributed by atoms with E-state index >= 15 is 0 Å². The second-order valence-corrected chi connectivity index (χ2v) is 4.14. The number of aromatic nitrogens is 1. The van der Waals surface area contributed by atoms with E-state index in [-0.39, 0.29) is 18.5 Å². The van der Waals surface area contributed by atoms with Gasteiger partial charge < -0.3 is 20.1 Å². The zero-order chi connectivity index (χ0) is 13.3. The highest BCUT2D eigenvalue weighted by atomic mass is 16.4. The van der Waals surface area contributed by atoms with Gasteiger partial charge in [0.25, 0.3) is 5.91 Å². The molecule has 0 spiro atoms. The van der Waals surface area contributed by atoms with Gasteiger partial charge in [0.2, 0.25) is 5.56 Å². The van der Waals surface area contributed by atoms with Crippen molar-refractivity contribution >= 4 is 11.9 Å². The summed E-state index contributed by atoms with van der Waals surface area (Å²) in [7, 11) is 0. The summed E-state index contributed by atoms with van der Waals surface area (Å²) < 4.78 is 0. The van der Waals surface area contributed by atoms with Gasteiger partial charge in [0.1, 0.15) is 6.04 Å². The van der Waals surface area contributed by atoms with Crippen LogP contribution in [0.5, 0.6) is 0 Å². The first-order valence-electron chi connectivity index (χ1n) is 5.39. The molecule has 18 heavy (non-hydrogen) atoms. The fraction of sp³-hybridized carbons (Fsp3) is 0.364. The molecule has 7 nitrogen and oxygen atoms in total.